The van der Waals surface area contributed by atoms with Gasteiger partial charge in [-0.1, -0.05) is 28.1 Å². The van der Waals surface area contributed by atoms with Crippen LogP contribution in [0.15, 0.2) is 28.7 Å². The summed E-state index contributed by atoms with van der Waals surface area (Å²) in [5.74, 6) is 5.64. The van der Waals surface area contributed by atoms with Gasteiger partial charge in [-0.3, -0.25) is 11.3 Å². The fourth-order valence-corrected chi connectivity index (χ4v) is 2.73. The normalized spacial score (nSPS) is 21.1. The molecule has 0 spiro atoms. The third-order valence-corrected chi connectivity index (χ3v) is 4.05. The molecule has 1 aromatic carbocycles. The maximum Gasteiger partial charge on any atom is 0.0576 e. The van der Waals surface area contributed by atoms with E-state index in [0.717, 1.165) is 30.3 Å². The van der Waals surface area contributed by atoms with Crippen molar-refractivity contribution in [2.45, 2.75) is 44.2 Å². The average molecular weight is 313 g/mol. The average Bonchev–Trinajstić information content (AvgIpc) is 2.89. The third-order valence-electron chi connectivity index (χ3n) is 3.52. The van der Waals surface area contributed by atoms with Gasteiger partial charge >= 0.3 is 0 Å². The summed E-state index contributed by atoms with van der Waals surface area (Å²) >= 11 is 3.45. The highest BCUT2D eigenvalue weighted by molar-refractivity contribution is 9.10. The lowest BCUT2D eigenvalue weighted by atomic mass is 10.00. The Kier molecular flexibility index (Phi) is 5.63. The van der Waals surface area contributed by atoms with E-state index in [0.29, 0.717) is 6.10 Å². The molecule has 0 saturated carbocycles. The summed E-state index contributed by atoms with van der Waals surface area (Å²) in [7, 11) is 0. The lowest BCUT2D eigenvalue weighted by Crippen LogP contribution is -2.28. The summed E-state index contributed by atoms with van der Waals surface area (Å²) in [6.07, 6.45) is 6.27. The molecule has 0 aliphatic carbocycles. The van der Waals surface area contributed by atoms with Crippen molar-refractivity contribution in [2.75, 3.05) is 6.61 Å². The Morgan fingerprint density at radius 1 is 1.39 bits per heavy atom. The predicted molar refractivity (Wildman–Crippen MR) is 77.0 cm³/mol. The van der Waals surface area contributed by atoms with Gasteiger partial charge in [0.15, 0.2) is 0 Å². The minimum atomic E-state index is 0.236. The van der Waals surface area contributed by atoms with E-state index in [4.69, 9.17) is 10.6 Å². The molecule has 0 amide bonds. The standard InChI is InChI=1S/C14H21BrN2O/c15-12-8-6-11(7-9-12)14(17-16)5-1-3-13-4-2-10-18-13/h6-9,13-14,17H,1-5,10,16H2. The lowest BCUT2D eigenvalue weighted by molar-refractivity contribution is 0.101. The smallest absolute Gasteiger partial charge is 0.0576 e. The first kappa shape index (κ1) is 14.0. The van der Waals surface area contributed by atoms with Crippen molar-refractivity contribution < 1.29 is 4.74 Å². The van der Waals surface area contributed by atoms with E-state index in [9.17, 15) is 0 Å². The number of benzene rings is 1. The summed E-state index contributed by atoms with van der Waals surface area (Å²) in [4.78, 5) is 0. The summed E-state index contributed by atoms with van der Waals surface area (Å²) < 4.78 is 6.73. The second-order valence-electron chi connectivity index (χ2n) is 4.84. The molecule has 2 unspecified atom stereocenters. The molecule has 1 aromatic rings. The molecule has 3 N–H and O–H groups in total. The van der Waals surface area contributed by atoms with Crippen molar-refractivity contribution >= 4 is 15.9 Å². The lowest BCUT2D eigenvalue weighted by Gasteiger charge is -2.17. The van der Waals surface area contributed by atoms with Crippen LogP contribution in [-0.2, 0) is 4.74 Å². The predicted octanol–water partition coefficient (Wildman–Crippen LogP) is 3.30. The van der Waals surface area contributed by atoms with E-state index in [1.165, 1.54) is 18.4 Å². The SMILES string of the molecule is NNC(CCCC1CCCO1)c1ccc(Br)cc1. The van der Waals surface area contributed by atoms with Crippen LogP contribution in [0.5, 0.6) is 0 Å². The highest BCUT2D eigenvalue weighted by Crippen LogP contribution is 2.23. The van der Waals surface area contributed by atoms with Crippen molar-refractivity contribution in [3.8, 4) is 0 Å². The van der Waals surface area contributed by atoms with E-state index >= 15 is 0 Å². The Hall–Kier alpha value is -0.420. The van der Waals surface area contributed by atoms with Crippen molar-refractivity contribution in [3.63, 3.8) is 0 Å². The maximum atomic E-state index is 5.64. The molecule has 0 bridgehead atoms. The van der Waals surface area contributed by atoms with E-state index in [2.05, 4.69) is 45.6 Å². The molecule has 1 saturated heterocycles. The van der Waals surface area contributed by atoms with E-state index in [1.807, 2.05) is 0 Å². The molecule has 1 aliphatic heterocycles. The molecule has 4 heteroatoms. The molecule has 1 fully saturated rings. The first-order chi connectivity index (χ1) is 8.79. The molecule has 1 heterocycles. The van der Waals surface area contributed by atoms with Crippen LogP contribution in [0, 0.1) is 0 Å². The first-order valence-corrected chi connectivity index (χ1v) is 7.42. The molecule has 2 rings (SSSR count). The molecule has 1 aliphatic rings. The second-order valence-corrected chi connectivity index (χ2v) is 5.75. The van der Waals surface area contributed by atoms with Crippen LogP contribution in [-0.4, -0.2) is 12.7 Å². The number of hydrogen-bond acceptors (Lipinski definition) is 3. The Bertz CT molecular complexity index is 349. The van der Waals surface area contributed by atoms with Crippen LogP contribution in [0.4, 0.5) is 0 Å². The van der Waals surface area contributed by atoms with Gasteiger partial charge in [-0.15, -0.1) is 0 Å². The topological polar surface area (TPSA) is 47.3 Å². The molecule has 3 nitrogen and oxygen atoms in total. The van der Waals surface area contributed by atoms with Crippen LogP contribution in [0.1, 0.15) is 43.7 Å². The number of nitrogens with one attached hydrogen (secondary N) is 1. The first-order valence-electron chi connectivity index (χ1n) is 6.63. The van der Waals surface area contributed by atoms with Crippen molar-refractivity contribution in [3.05, 3.63) is 34.3 Å². The van der Waals surface area contributed by atoms with Crippen LogP contribution in [0.25, 0.3) is 0 Å². The zero-order chi connectivity index (χ0) is 12.8. The van der Waals surface area contributed by atoms with Crippen molar-refractivity contribution in [2.24, 2.45) is 5.84 Å². The number of hydrogen-bond donors (Lipinski definition) is 2. The molecule has 0 radical (unpaired) electrons. The summed E-state index contributed by atoms with van der Waals surface area (Å²) in [6.45, 7) is 0.940. The van der Waals surface area contributed by atoms with E-state index in [1.54, 1.807) is 0 Å². The van der Waals surface area contributed by atoms with Gasteiger partial charge in [0.25, 0.3) is 0 Å². The second kappa shape index (κ2) is 7.24. The monoisotopic (exact) mass is 312 g/mol. The quantitative estimate of drug-likeness (QED) is 0.626. The fourth-order valence-electron chi connectivity index (χ4n) is 2.46. The van der Waals surface area contributed by atoms with E-state index in [-0.39, 0.29) is 6.04 Å². The van der Waals surface area contributed by atoms with Crippen LogP contribution < -0.4 is 11.3 Å². The van der Waals surface area contributed by atoms with Crippen LogP contribution in [0.2, 0.25) is 0 Å². The number of rotatable bonds is 6. The van der Waals surface area contributed by atoms with Gasteiger partial charge in [0.1, 0.15) is 0 Å². The Balaban J connectivity index is 1.79. The summed E-state index contributed by atoms with van der Waals surface area (Å²) in [5, 5.41) is 0. The Morgan fingerprint density at radius 3 is 2.78 bits per heavy atom. The van der Waals surface area contributed by atoms with Gasteiger partial charge in [-0.05, 0) is 49.8 Å². The molecular formula is C14H21BrN2O. The van der Waals surface area contributed by atoms with Gasteiger partial charge in [0.2, 0.25) is 0 Å². The Labute approximate surface area is 117 Å². The highest BCUT2D eigenvalue weighted by Gasteiger charge is 2.16. The van der Waals surface area contributed by atoms with E-state index < -0.39 is 0 Å². The van der Waals surface area contributed by atoms with Gasteiger partial charge in [0, 0.05) is 17.1 Å². The third kappa shape index (κ3) is 4.05. The minimum absolute atomic E-state index is 0.236. The zero-order valence-electron chi connectivity index (χ0n) is 10.6. The van der Waals surface area contributed by atoms with Crippen molar-refractivity contribution in [1.29, 1.82) is 0 Å². The maximum absolute atomic E-state index is 5.64. The van der Waals surface area contributed by atoms with Gasteiger partial charge < -0.3 is 4.74 Å². The van der Waals surface area contributed by atoms with Gasteiger partial charge in [0.05, 0.1) is 6.10 Å². The zero-order valence-corrected chi connectivity index (χ0v) is 12.2. The summed E-state index contributed by atoms with van der Waals surface area (Å²) in [5.41, 5.74) is 4.15. The largest absolute Gasteiger partial charge is 0.378 e. The number of ether oxygens (including phenoxy) is 1. The fraction of sp³-hybridized carbons (Fsp3) is 0.571. The molecule has 100 valence electrons. The Morgan fingerprint density at radius 2 is 2.17 bits per heavy atom. The molecule has 18 heavy (non-hydrogen) atoms. The van der Waals surface area contributed by atoms with Gasteiger partial charge in [-0.2, -0.15) is 0 Å². The van der Waals surface area contributed by atoms with Crippen molar-refractivity contribution in [1.82, 2.24) is 5.43 Å². The molecule has 2 atom stereocenters. The van der Waals surface area contributed by atoms with Gasteiger partial charge in [-0.25, -0.2) is 0 Å². The molecular weight excluding hydrogens is 292 g/mol. The number of halogens is 1. The number of hydrazine groups is 1. The summed E-state index contributed by atoms with van der Waals surface area (Å²) in [6, 6.07) is 8.57. The number of nitrogens with two attached hydrogens (primary N) is 1. The van der Waals surface area contributed by atoms with Crippen LogP contribution in [0.3, 0.4) is 0 Å². The van der Waals surface area contributed by atoms with Crippen LogP contribution >= 0.6 is 15.9 Å². The molecule has 0 aromatic heterocycles. The minimum Gasteiger partial charge on any atom is -0.378 e. The highest BCUT2D eigenvalue weighted by atomic mass is 79.9.